The van der Waals surface area contributed by atoms with E-state index < -0.39 is 10.0 Å². The van der Waals surface area contributed by atoms with Gasteiger partial charge in [0.1, 0.15) is 0 Å². The average molecular weight is 375 g/mol. The number of sulfonamides is 1. The summed E-state index contributed by atoms with van der Waals surface area (Å²) < 4.78 is 25.8. The van der Waals surface area contributed by atoms with Gasteiger partial charge in [-0.05, 0) is 24.7 Å². The van der Waals surface area contributed by atoms with Gasteiger partial charge < -0.3 is 10.2 Å². The van der Waals surface area contributed by atoms with Gasteiger partial charge in [0.2, 0.25) is 15.9 Å². The summed E-state index contributed by atoms with van der Waals surface area (Å²) in [4.78, 5) is 14.3. The Kier molecular flexibility index (Phi) is 7.32. The Hall–Kier alpha value is -2.22. The van der Waals surface area contributed by atoms with Gasteiger partial charge in [-0.3, -0.25) is 4.79 Å². The summed E-state index contributed by atoms with van der Waals surface area (Å²) >= 11 is 0. The molecule has 0 heterocycles. The van der Waals surface area contributed by atoms with Crippen LogP contribution in [0.1, 0.15) is 5.56 Å². The fourth-order valence-electron chi connectivity index (χ4n) is 2.48. The monoisotopic (exact) mass is 375 g/mol. The molecule has 0 fully saturated rings. The van der Waals surface area contributed by atoms with E-state index in [2.05, 4.69) is 22.3 Å². The van der Waals surface area contributed by atoms with Crippen molar-refractivity contribution in [2.24, 2.45) is 0 Å². The molecule has 6 nitrogen and oxygen atoms in total. The average Bonchev–Trinajstić information content (AvgIpc) is 2.63. The molecule has 7 heteroatoms. The van der Waals surface area contributed by atoms with Crippen molar-refractivity contribution in [3.8, 4) is 0 Å². The molecule has 0 aliphatic carbocycles. The van der Waals surface area contributed by atoms with Gasteiger partial charge in [0.15, 0.2) is 0 Å². The normalized spacial score (nSPS) is 11.7. The minimum Gasteiger partial charge on any atom is -0.354 e. The summed E-state index contributed by atoms with van der Waals surface area (Å²) in [5.41, 5.74) is 1.20. The number of rotatable bonds is 9. The Bertz CT molecular complexity index is 795. The first-order chi connectivity index (χ1) is 12.4. The van der Waals surface area contributed by atoms with Gasteiger partial charge in [-0.1, -0.05) is 48.5 Å². The van der Waals surface area contributed by atoms with Crippen LogP contribution < -0.4 is 5.32 Å². The lowest BCUT2D eigenvalue weighted by molar-refractivity contribution is -0.121. The third kappa shape index (κ3) is 5.94. The molecule has 26 heavy (non-hydrogen) atoms. The molecular formula is C19H25N3O3S. The number of amides is 1. The van der Waals surface area contributed by atoms with Crippen molar-refractivity contribution >= 4 is 15.9 Å². The molecule has 0 saturated carbocycles. The van der Waals surface area contributed by atoms with Crippen molar-refractivity contribution in [3.05, 3.63) is 66.2 Å². The molecule has 1 N–H and O–H groups in total. The zero-order valence-corrected chi connectivity index (χ0v) is 15.9. The predicted octanol–water partition coefficient (Wildman–Crippen LogP) is 1.56. The maximum absolute atomic E-state index is 12.4. The Balaban J connectivity index is 1.76. The van der Waals surface area contributed by atoms with Gasteiger partial charge in [-0.15, -0.1) is 0 Å². The lowest BCUT2D eigenvalue weighted by Crippen LogP contribution is -2.40. The minimum absolute atomic E-state index is 0.179. The van der Waals surface area contributed by atoms with Crippen LogP contribution in [0.3, 0.4) is 0 Å². The summed E-state index contributed by atoms with van der Waals surface area (Å²) in [6.07, 6.45) is 0. The van der Waals surface area contributed by atoms with Gasteiger partial charge >= 0.3 is 0 Å². The lowest BCUT2D eigenvalue weighted by Gasteiger charge is -2.19. The number of nitrogens with one attached hydrogen (secondary N) is 1. The molecule has 2 aromatic rings. The third-order valence-corrected chi connectivity index (χ3v) is 5.75. The number of carbonyl (C=O) groups is 1. The summed E-state index contributed by atoms with van der Waals surface area (Å²) in [6.45, 7) is 1.72. The highest BCUT2D eigenvalue weighted by molar-refractivity contribution is 7.89. The third-order valence-electron chi connectivity index (χ3n) is 3.93. The first-order valence-corrected chi connectivity index (χ1v) is 9.84. The Morgan fingerprint density at radius 1 is 0.962 bits per heavy atom. The molecule has 0 aliphatic heterocycles. The van der Waals surface area contributed by atoms with E-state index in [1.165, 1.54) is 24.7 Å². The fourth-order valence-corrected chi connectivity index (χ4v) is 3.62. The van der Waals surface area contributed by atoms with E-state index >= 15 is 0 Å². The van der Waals surface area contributed by atoms with Crippen LogP contribution in [0.2, 0.25) is 0 Å². The van der Waals surface area contributed by atoms with E-state index in [4.69, 9.17) is 0 Å². The molecule has 1 amide bonds. The largest absolute Gasteiger partial charge is 0.354 e. The van der Waals surface area contributed by atoms with Crippen LogP contribution in [0.5, 0.6) is 0 Å². The molecule has 0 unspecified atom stereocenters. The second-order valence-corrected chi connectivity index (χ2v) is 8.19. The van der Waals surface area contributed by atoms with Crippen molar-refractivity contribution in [2.45, 2.75) is 11.4 Å². The first-order valence-electron chi connectivity index (χ1n) is 8.40. The number of hydrogen-bond donors (Lipinski definition) is 1. The van der Waals surface area contributed by atoms with Crippen LogP contribution in [0.25, 0.3) is 0 Å². The second-order valence-electron chi connectivity index (χ2n) is 6.15. The van der Waals surface area contributed by atoms with Crippen LogP contribution in [0.4, 0.5) is 0 Å². The van der Waals surface area contributed by atoms with Crippen molar-refractivity contribution in [3.63, 3.8) is 0 Å². The van der Waals surface area contributed by atoms with Crippen LogP contribution >= 0.6 is 0 Å². The highest BCUT2D eigenvalue weighted by atomic mass is 32.2. The highest BCUT2D eigenvalue weighted by Crippen LogP contribution is 2.12. The maximum Gasteiger partial charge on any atom is 0.243 e. The molecular weight excluding hydrogens is 350 g/mol. The van der Waals surface area contributed by atoms with Crippen LogP contribution in [-0.2, 0) is 21.4 Å². The van der Waals surface area contributed by atoms with Gasteiger partial charge in [-0.2, -0.15) is 4.31 Å². The Morgan fingerprint density at radius 3 is 2.15 bits per heavy atom. The standard InChI is InChI=1S/C19H25N3O3S/c1-21(15-17-9-5-3-6-10-17)14-13-20-19(23)16-22(2)26(24,25)18-11-7-4-8-12-18/h3-12H,13-16H2,1-2H3,(H,20,23). The van der Waals surface area contributed by atoms with Crippen LogP contribution in [-0.4, -0.2) is 57.3 Å². The SMILES string of the molecule is CN(CCNC(=O)CN(C)S(=O)(=O)c1ccccc1)Cc1ccccc1. The zero-order valence-electron chi connectivity index (χ0n) is 15.1. The number of hydrogen-bond acceptors (Lipinski definition) is 4. The van der Waals surface area contributed by atoms with Gasteiger partial charge in [0.25, 0.3) is 0 Å². The van der Waals surface area contributed by atoms with Crippen LogP contribution in [0.15, 0.2) is 65.6 Å². The van der Waals surface area contributed by atoms with Crippen molar-refractivity contribution in [1.82, 2.24) is 14.5 Å². The topological polar surface area (TPSA) is 69.7 Å². The number of benzene rings is 2. The molecule has 2 aromatic carbocycles. The number of likely N-dealkylation sites (N-methyl/N-ethyl adjacent to an activating group) is 2. The van der Waals surface area contributed by atoms with Gasteiger partial charge in [-0.25, -0.2) is 8.42 Å². The smallest absolute Gasteiger partial charge is 0.243 e. The number of nitrogens with zero attached hydrogens (tertiary/aromatic N) is 2. The first kappa shape index (κ1) is 20.1. The van der Waals surface area contributed by atoms with E-state index in [9.17, 15) is 13.2 Å². The molecule has 0 spiro atoms. The molecule has 0 bridgehead atoms. The summed E-state index contributed by atoms with van der Waals surface area (Å²) in [6, 6.07) is 18.2. The zero-order chi connectivity index (χ0) is 19.0. The molecule has 2 rings (SSSR count). The summed E-state index contributed by atoms with van der Waals surface area (Å²) in [7, 11) is -0.271. The van der Waals surface area contributed by atoms with Crippen LogP contribution in [0, 0.1) is 0 Å². The summed E-state index contributed by atoms with van der Waals surface area (Å²) in [5, 5.41) is 2.77. The summed E-state index contributed by atoms with van der Waals surface area (Å²) in [5.74, 6) is -0.319. The quantitative estimate of drug-likeness (QED) is 0.722. The van der Waals surface area contributed by atoms with E-state index in [0.717, 1.165) is 10.8 Å². The second kappa shape index (κ2) is 9.47. The van der Waals surface area contributed by atoms with E-state index in [0.29, 0.717) is 13.1 Å². The molecule has 0 aliphatic rings. The van der Waals surface area contributed by atoms with E-state index in [-0.39, 0.29) is 17.3 Å². The van der Waals surface area contributed by atoms with Gasteiger partial charge in [0.05, 0.1) is 11.4 Å². The Labute approximate surface area is 155 Å². The van der Waals surface area contributed by atoms with E-state index in [1.807, 2.05) is 25.2 Å². The molecule has 0 radical (unpaired) electrons. The number of carbonyl (C=O) groups excluding carboxylic acids is 1. The molecule has 140 valence electrons. The molecule has 0 saturated heterocycles. The van der Waals surface area contributed by atoms with E-state index in [1.54, 1.807) is 18.2 Å². The van der Waals surface area contributed by atoms with Crippen molar-refractivity contribution in [2.75, 3.05) is 33.7 Å². The lowest BCUT2D eigenvalue weighted by atomic mass is 10.2. The van der Waals surface area contributed by atoms with Crippen molar-refractivity contribution < 1.29 is 13.2 Å². The van der Waals surface area contributed by atoms with Crippen molar-refractivity contribution in [1.29, 1.82) is 0 Å². The fraction of sp³-hybridized carbons (Fsp3) is 0.316. The Morgan fingerprint density at radius 2 is 1.54 bits per heavy atom. The predicted molar refractivity (Wildman–Crippen MR) is 102 cm³/mol. The molecule has 0 aromatic heterocycles. The minimum atomic E-state index is -3.65. The maximum atomic E-state index is 12.4. The highest BCUT2D eigenvalue weighted by Gasteiger charge is 2.22. The van der Waals surface area contributed by atoms with Gasteiger partial charge in [0, 0.05) is 26.7 Å². The molecule has 0 atom stereocenters.